The smallest absolute Gasteiger partial charge is 0.332 e. The summed E-state index contributed by atoms with van der Waals surface area (Å²) >= 11 is 5.81. The number of hydrogen-bond acceptors (Lipinski definition) is 5. The van der Waals surface area contributed by atoms with E-state index >= 15 is 0 Å². The van der Waals surface area contributed by atoms with Crippen LogP contribution in [0.15, 0.2) is 24.3 Å². The fraction of sp³-hybridized carbons (Fsp3) is 0.286. The first-order valence-corrected chi connectivity index (χ1v) is 6.94. The lowest BCUT2D eigenvalue weighted by molar-refractivity contribution is -0.385. The fourth-order valence-corrected chi connectivity index (χ4v) is 2.31. The van der Waals surface area contributed by atoms with E-state index in [2.05, 4.69) is 22.2 Å². The third kappa shape index (κ3) is 3.46. The number of aryl methyl sites for hydroxylation is 2. The van der Waals surface area contributed by atoms with Crippen molar-refractivity contribution in [3.63, 3.8) is 0 Å². The second-order valence-corrected chi connectivity index (χ2v) is 4.90. The lowest BCUT2D eigenvalue weighted by Crippen LogP contribution is -2.05. The molecule has 0 aliphatic heterocycles. The molecule has 7 heteroatoms. The minimum Gasteiger partial charge on any atom is -0.334 e. The first-order valence-electron chi connectivity index (χ1n) is 6.56. The summed E-state index contributed by atoms with van der Waals surface area (Å²) in [5.41, 5.74) is 1.93. The highest BCUT2D eigenvalue weighted by Gasteiger charge is 2.22. The van der Waals surface area contributed by atoms with Crippen LogP contribution in [-0.2, 0) is 6.42 Å². The summed E-state index contributed by atoms with van der Waals surface area (Å²) in [6.45, 7) is 3.61. The monoisotopic (exact) mass is 306 g/mol. The molecule has 2 rings (SSSR count). The summed E-state index contributed by atoms with van der Waals surface area (Å²) < 4.78 is 0. The van der Waals surface area contributed by atoms with E-state index in [0.717, 1.165) is 24.1 Å². The molecule has 0 radical (unpaired) electrons. The number of para-hydroxylation sites is 1. The van der Waals surface area contributed by atoms with Gasteiger partial charge in [-0.15, -0.1) is 0 Å². The number of benzene rings is 1. The third-order valence-electron chi connectivity index (χ3n) is 3.00. The van der Waals surface area contributed by atoms with Crippen LogP contribution in [0.25, 0.3) is 0 Å². The predicted octanol–water partition coefficient (Wildman–Crippen LogP) is 4.04. The van der Waals surface area contributed by atoms with Crippen LogP contribution in [-0.4, -0.2) is 14.9 Å². The fourth-order valence-electron chi connectivity index (χ4n) is 2.10. The van der Waals surface area contributed by atoms with Crippen LogP contribution in [0.5, 0.6) is 0 Å². The molecule has 1 N–H and O–H groups in total. The topological polar surface area (TPSA) is 81.0 Å². The molecular formula is C14H15ClN4O2. The van der Waals surface area contributed by atoms with Crippen molar-refractivity contribution < 1.29 is 4.92 Å². The highest BCUT2D eigenvalue weighted by atomic mass is 35.5. The minimum atomic E-state index is -0.504. The van der Waals surface area contributed by atoms with Crippen molar-refractivity contribution in [3.8, 4) is 0 Å². The molecule has 0 amide bonds. The lowest BCUT2D eigenvalue weighted by atomic mass is 10.1. The van der Waals surface area contributed by atoms with Gasteiger partial charge in [0.05, 0.1) is 4.92 Å². The van der Waals surface area contributed by atoms with Crippen LogP contribution in [0.3, 0.4) is 0 Å². The van der Waals surface area contributed by atoms with E-state index in [4.69, 9.17) is 11.6 Å². The molecule has 0 unspecified atom stereocenters. The zero-order chi connectivity index (χ0) is 15.4. The number of nitro groups is 1. The summed E-state index contributed by atoms with van der Waals surface area (Å²) in [5, 5.41) is 14.2. The van der Waals surface area contributed by atoms with Crippen molar-refractivity contribution in [1.82, 2.24) is 9.97 Å². The van der Waals surface area contributed by atoms with Crippen molar-refractivity contribution in [3.05, 3.63) is 50.9 Å². The van der Waals surface area contributed by atoms with Crippen LogP contribution in [0.2, 0.25) is 5.28 Å². The largest absolute Gasteiger partial charge is 0.334 e. The van der Waals surface area contributed by atoms with Crippen LogP contribution in [0, 0.1) is 17.0 Å². The first-order chi connectivity index (χ1) is 10.0. The van der Waals surface area contributed by atoms with Crippen molar-refractivity contribution in [2.75, 3.05) is 5.32 Å². The van der Waals surface area contributed by atoms with E-state index in [0.29, 0.717) is 0 Å². The van der Waals surface area contributed by atoms with Gasteiger partial charge in [0.1, 0.15) is 5.69 Å². The molecule has 0 aliphatic rings. The Morgan fingerprint density at radius 1 is 1.33 bits per heavy atom. The number of halogens is 1. The second kappa shape index (κ2) is 6.49. The maximum Gasteiger partial charge on any atom is 0.332 e. The first kappa shape index (κ1) is 15.2. The Morgan fingerprint density at radius 2 is 2.05 bits per heavy atom. The van der Waals surface area contributed by atoms with E-state index in [1.807, 2.05) is 24.3 Å². The highest BCUT2D eigenvalue weighted by molar-refractivity contribution is 6.28. The average molecular weight is 307 g/mol. The van der Waals surface area contributed by atoms with E-state index in [1.165, 1.54) is 6.92 Å². The standard InChI is InChI=1S/C14H15ClN4O2/c1-3-6-10-7-4-5-8-11(10)17-13-12(19(20)21)9(2)16-14(15)18-13/h4-5,7-8H,3,6H2,1-2H3,(H,16,17,18). The van der Waals surface area contributed by atoms with Crippen molar-refractivity contribution in [1.29, 1.82) is 0 Å². The van der Waals surface area contributed by atoms with Crippen molar-refractivity contribution in [2.24, 2.45) is 0 Å². The van der Waals surface area contributed by atoms with Crippen LogP contribution < -0.4 is 5.32 Å². The Balaban J connectivity index is 2.47. The van der Waals surface area contributed by atoms with Gasteiger partial charge in [-0.05, 0) is 36.6 Å². The molecule has 1 heterocycles. The SMILES string of the molecule is CCCc1ccccc1Nc1nc(Cl)nc(C)c1[N+](=O)[O-]. The number of anilines is 2. The molecule has 0 atom stereocenters. The molecule has 0 saturated carbocycles. The number of hydrogen-bond donors (Lipinski definition) is 1. The Bertz CT molecular complexity index is 676. The van der Waals surface area contributed by atoms with Crippen LogP contribution >= 0.6 is 11.6 Å². The summed E-state index contributed by atoms with van der Waals surface area (Å²) in [7, 11) is 0. The molecule has 110 valence electrons. The van der Waals surface area contributed by atoms with Gasteiger partial charge >= 0.3 is 5.69 Å². The van der Waals surface area contributed by atoms with Crippen molar-refractivity contribution in [2.45, 2.75) is 26.7 Å². The van der Waals surface area contributed by atoms with Gasteiger partial charge in [-0.3, -0.25) is 10.1 Å². The Morgan fingerprint density at radius 3 is 2.71 bits per heavy atom. The predicted molar refractivity (Wildman–Crippen MR) is 82.2 cm³/mol. The molecule has 21 heavy (non-hydrogen) atoms. The maximum atomic E-state index is 11.2. The molecule has 0 aliphatic carbocycles. The van der Waals surface area contributed by atoms with Crippen LogP contribution in [0.1, 0.15) is 24.6 Å². The molecule has 0 spiro atoms. The maximum absolute atomic E-state index is 11.2. The van der Waals surface area contributed by atoms with Crippen molar-refractivity contribution >= 4 is 28.8 Å². The molecular weight excluding hydrogens is 292 g/mol. The van der Waals surface area contributed by atoms with Gasteiger partial charge in [0, 0.05) is 5.69 Å². The van der Waals surface area contributed by atoms with Crippen LogP contribution in [0.4, 0.5) is 17.2 Å². The molecule has 0 saturated heterocycles. The number of nitrogens with zero attached hydrogens (tertiary/aromatic N) is 3. The highest BCUT2D eigenvalue weighted by Crippen LogP contribution is 2.30. The Labute approximate surface area is 127 Å². The number of aromatic nitrogens is 2. The normalized spacial score (nSPS) is 10.4. The third-order valence-corrected chi connectivity index (χ3v) is 3.17. The zero-order valence-electron chi connectivity index (χ0n) is 11.8. The van der Waals surface area contributed by atoms with Gasteiger partial charge in [-0.2, -0.15) is 4.98 Å². The van der Waals surface area contributed by atoms with E-state index in [1.54, 1.807) is 0 Å². The molecule has 1 aromatic carbocycles. The number of rotatable bonds is 5. The summed E-state index contributed by atoms with van der Waals surface area (Å²) in [6, 6.07) is 7.64. The summed E-state index contributed by atoms with van der Waals surface area (Å²) in [6.07, 6.45) is 1.85. The Kier molecular flexibility index (Phi) is 4.70. The molecule has 0 bridgehead atoms. The summed E-state index contributed by atoms with van der Waals surface area (Å²) in [5.74, 6) is 0.112. The summed E-state index contributed by atoms with van der Waals surface area (Å²) in [4.78, 5) is 18.5. The van der Waals surface area contributed by atoms with E-state index in [-0.39, 0.29) is 22.5 Å². The quantitative estimate of drug-likeness (QED) is 0.512. The zero-order valence-corrected chi connectivity index (χ0v) is 12.5. The van der Waals surface area contributed by atoms with Gasteiger partial charge in [0.15, 0.2) is 0 Å². The minimum absolute atomic E-state index is 0.0198. The van der Waals surface area contributed by atoms with Gasteiger partial charge in [-0.25, -0.2) is 4.98 Å². The van der Waals surface area contributed by atoms with Gasteiger partial charge < -0.3 is 5.32 Å². The van der Waals surface area contributed by atoms with Gasteiger partial charge in [0.25, 0.3) is 0 Å². The average Bonchev–Trinajstić information content (AvgIpc) is 2.40. The number of nitrogens with one attached hydrogen (secondary N) is 1. The molecule has 2 aromatic rings. The molecule has 1 aromatic heterocycles. The second-order valence-electron chi connectivity index (χ2n) is 4.56. The molecule has 0 fully saturated rings. The van der Waals surface area contributed by atoms with E-state index in [9.17, 15) is 10.1 Å². The Hall–Kier alpha value is -2.21. The lowest BCUT2D eigenvalue weighted by Gasteiger charge is -2.11. The van der Waals surface area contributed by atoms with E-state index < -0.39 is 4.92 Å². The van der Waals surface area contributed by atoms with Gasteiger partial charge in [-0.1, -0.05) is 31.5 Å². The molecule has 6 nitrogen and oxygen atoms in total. The van der Waals surface area contributed by atoms with Gasteiger partial charge in [0.2, 0.25) is 11.1 Å².